The van der Waals surface area contributed by atoms with Crippen LogP contribution < -0.4 is 10.6 Å². The minimum absolute atomic E-state index is 0.224. The molecule has 1 fully saturated rings. The number of carbonyl (C=O) groups is 1. The van der Waals surface area contributed by atoms with Gasteiger partial charge in [0, 0.05) is 12.7 Å². The molecular weight excluding hydrogens is 254 g/mol. The summed E-state index contributed by atoms with van der Waals surface area (Å²) in [7, 11) is 0. The van der Waals surface area contributed by atoms with Crippen LogP contribution in [0.2, 0.25) is 0 Å². The Hall–Kier alpha value is -1.62. The second kappa shape index (κ2) is 7.85. The van der Waals surface area contributed by atoms with Gasteiger partial charge >= 0.3 is 6.03 Å². The number of hydrogen-bond donors (Lipinski definition) is 2. The summed E-state index contributed by atoms with van der Waals surface area (Å²) >= 11 is 0. The van der Waals surface area contributed by atoms with Crippen molar-refractivity contribution in [1.29, 1.82) is 0 Å². The number of nitrogens with zero attached hydrogens (tertiary/aromatic N) is 1. The molecule has 20 heavy (non-hydrogen) atoms. The van der Waals surface area contributed by atoms with E-state index < -0.39 is 0 Å². The highest BCUT2D eigenvalue weighted by Crippen LogP contribution is 2.25. The van der Waals surface area contributed by atoms with E-state index in [1.165, 1.54) is 19.3 Å². The SMILES string of the molecule is C[C@@H]1CCCC[C@H]1OCCNC(=O)Nc1cccnc1. The van der Waals surface area contributed by atoms with E-state index in [4.69, 9.17) is 4.74 Å². The first kappa shape index (κ1) is 14.8. The molecule has 2 N–H and O–H groups in total. The first-order chi connectivity index (χ1) is 9.75. The topological polar surface area (TPSA) is 63.2 Å². The average molecular weight is 277 g/mol. The molecule has 0 radical (unpaired) electrons. The zero-order valence-electron chi connectivity index (χ0n) is 12.0. The van der Waals surface area contributed by atoms with Crippen molar-refractivity contribution in [3.05, 3.63) is 24.5 Å². The van der Waals surface area contributed by atoms with Gasteiger partial charge in [-0.05, 0) is 30.9 Å². The molecule has 1 aromatic heterocycles. The van der Waals surface area contributed by atoms with Crippen molar-refractivity contribution in [2.75, 3.05) is 18.5 Å². The van der Waals surface area contributed by atoms with Gasteiger partial charge in [0.15, 0.2) is 0 Å². The standard InChI is InChI=1S/C15H23N3O2/c1-12-5-2-3-7-14(12)20-10-9-17-15(19)18-13-6-4-8-16-11-13/h4,6,8,11-12,14H,2-3,5,7,9-10H2,1H3,(H2,17,18,19)/t12-,14-/m1/s1. The summed E-state index contributed by atoms with van der Waals surface area (Å²) < 4.78 is 5.84. The number of aromatic nitrogens is 1. The van der Waals surface area contributed by atoms with Crippen molar-refractivity contribution in [2.45, 2.75) is 38.7 Å². The highest BCUT2D eigenvalue weighted by atomic mass is 16.5. The molecule has 0 bridgehead atoms. The molecule has 0 unspecified atom stereocenters. The zero-order chi connectivity index (χ0) is 14.2. The Morgan fingerprint density at radius 2 is 2.30 bits per heavy atom. The fourth-order valence-corrected chi connectivity index (χ4v) is 2.52. The van der Waals surface area contributed by atoms with Crippen LogP contribution in [0.1, 0.15) is 32.6 Å². The van der Waals surface area contributed by atoms with Gasteiger partial charge in [-0.1, -0.05) is 19.8 Å². The lowest BCUT2D eigenvalue weighted by Gasteiger charge is -2.28. The molecule has 0 aliphatic heterocycles. The molecule has 0 aromatic carbocycles. The van der Waals surface area contributed by atoms with E-state index in [0.29, 0.717) is 30.9 Å². The summed E-state index contributed by atoms with van der Waals surface area (Å²) in [4.78, 5) is 15.6. The first-order valence-corrected chi connectivity index (χ1v) is 7.32. The van der Waals surface area contributed by atoms with E-state index in [1.807, 2.05) is 0 Å². The molecular formula is C15H23N3O2. The van der Waals surface area contributed by atoms with Gasteiger partial charge in [0.05, 0.1) is 24.6 Å². The second-order valence-corrected chi connectivity index (χ2v) is 5.29. The fourth-order valence-electron chi connectivity index (χ4n) is 2.52. The second-order valence-electron chi connectivity index (χ2n) is 5.29. The molecule has 2 rings (SSSR count). The number of amides is 2. The highest BCUT2D eigenvalue weighted by Gasteiger charge is 2.21. The molecule has 1 aliphatic carbocycles. The van der Waals surface area contributed by atoms with Gasteiger partial charge in [-0.3, -0.25) is 4.98 Å². The molecule has 110 valence electrons. The summed E-state index contributed by atoms with van der Waals surface area (Å²) in [6, 6.07) is 3.36. The third-order valence-corrected chi connectivity index (χ3v) is 3.67. The zero-order valence-corrected chi connectivity index (χ0v) is 12.0. The van der Waals surface area contributed by atoms with E-state index in [1.54, 1.807) is 24.5 Å². The number of nitrogens with one attached hydrogen (secondary N) is 2. The fraction of sp³-hybridized carbons (Fsp3) is 0.600. The summed E-state index contributed by atoms with van der Waals surface area (Å²) in [5.41, 5.74) is 0.687. The Morgan fingerprint density at radius 1 is 1.45 bits per heavy atom. The number of pyridine rings is 1. The van der Waals surface area contributed by atoms with E-state index in [0.717, 1.165) is 6.42 Å². The van der Waals surface area contributed by atoms with Gasteiger partial charge in [-0.15, -0.1) is 0 Å². The minimum Gasteiger partial charge on any atom is -0.376 e. The van der Waals surface area contributed by atoms with Crippen LogP contribution in [0.3, 0.4) is 0 Å². The minimum atomic E-state index is -0.224. The quantitative estimate of drug-likeness (QED) is 0.813. The number of carbonyl (C=O) groups excluding carboxylic acids is 1. The molecule has 0 spiro atoms. The van der Waals surface area contributed by atoms with Crippen molar-refractivity contribution < 1.29 is 9.53 Å². The predicted molar refractivity (Wildman–Crippen MR) is 78.6 cm³/mol. The lowest BCUT2D eigenvalue weighted by atomic mass is 9.88. The Bertz CT molecular complexity index is 411. The average Bonchev–Trinajstić information content (AvgIpc) is 2.46. The summed E-state index contributed by atoms with van der Waals surface area (Å²) in [5, 5.41) is 5.50. The summed E-state index contributed by atoms with van der Waals surface area (Å²) in [5.74, 6) is 0.632. The van der Waals surface area contributed by atoms with Crippen molar-refractivity contribution >= 4 is 11.7 Å². The molecule has 1 aliphatic rings. The molecule has 1 heterocycles. The van der Waals surface area contributed by atoms with Gasteiger partial charge < -0.3 is 15.4 Å². The predicted octanol–water partition coefficient (Wildman–Crippen LogP) is 2.80. The molecule has 0 saturated heterocycles. The summed E-state index contributed by atoms with van der Waals surface area (Å²) in [6.07, 6.45) is 8.59. The monoisotopic (exact) mass is 277 g/mol. The van der Waals surface area contributed by atoms with Crippen molar-refractivity contribution in [2.24, 2.45) is 5.92 Å². The van der Waals surface area contributed by atoms with E-state index in [9.17, 15) is 4.79 Å². The molecule has 1 aromatic rings. The van der Waals surface area contributed by atoms with Crippen LogP contribution in [-0.2, 0) is 4.74 Å². The van der Waals surface area contributed by atoms with Gasteiger partial charge in [0.2, 0.25) is 0 Å². The maximum Gasteiger partial charge on any atom is 0.319 e. The van der Waals surface area contributed by atoms with Crippen LogP contribution in [-0.4, -0.2) is 30.3 Å². The van der Waals surface area contributed by atoms with Crippen LogP contribution in [0.15, 0.2) is 24.5 Å². The Labute approximate surface area is 120 Å². The molecule has 5 nitrogen and oxygen atoms in total. The molecule has 5 heteroatoms. The van der Waals surface area contributed by atoms with Gasteiger partial charge in [0.1, 0.15) is 0 Å². The smallest absolute Gasteiger partial charge is 0.319 e. The summed E-state index contributed by atoms with van der Waals surface area (Å²) in [6.45, 7) is 3.33. The first-order valence-electron chi connectivity index (χ1n) is 7.32. The third-order valence-electron chi connectivity index (χ3n) is 3.67. The Morgan fingerprint density at radius 3 is 3.05 bits per heavy atom. The largest absolute Gasteiger partial charge is 0.376 e. The van der Waals surface area contributed by atoms with Gasteiger partial charge in [0.25, 0.3) is 0 Å². The lowest BCUT2D eigenvalue weighted by molar-refractivity contribution is -0.00232. The van der Waals surface area contributed by atoms with Crippen molar-refractivity contribution in [3.63, 3.8) is 0 Å². The molecule has 2 amide bonds. The van der Waals surface area contributed by atoms with Gasteiger partial charge in [-0.2, -0.15) is 0 Å². The number of rotatable bonds is 5. The number of hydrogen-bond acceptors (Lipinski definition) is 3. The molecule has 2 atom stereocenters. The van der Waals surface area contributed by atoms with Crippen LogP contribution >= 0.6 is 0 Å². The number of anilines is 1. The lowest BCUT2D eigenvalue weighted by Crippen LogP contribution is -2.34. The maximum absolute atomic E-state index is 11.6. The highest BCUT2D eigenvalue weighted by molar-refractivity contribution is 5.88. The third kappa shape index (κ3) is 4.81. The van der Waals surface area contributed by atoms with Crippen LogP contribution in [0.25, 0.3) is 0 Å². The normalized spacial score (nSPS) is 22.2. The van der Waals surface area contributed by atoms with E-state index >= 15 is 0 Å². The van der Waals surface area contributed by atoms with Crippen molar-refractivity contribution in [1.82, 2.24) is 10.3 Å². The van der Waals surface area contributed by atoms with Crippen LogP contribution in [0.5, 0.6) is 0 Å². The Kier molecular flexibility index (Phi) is 5.80. The van der Waals surface area contributed by atoms with E-state index in [-0.39, 0.29) is 6.03 Å². The maximum atomic E-state index is 11.6. The van der Waals surface area contributed by atoms with E-state index in [2.05, 4.69) is 22.5 Å². The number of urea groups is 1. The van der Waals surface area contributed by atoms with Gasteiger partial charge in [-0.25, -0.2) is 4.79 Å². The van der Waals surface area contributed by atoms with Crippen molar-refractivity contribution in [3.8, 4) is 0 Å². The molecule has 1 saturated carbocycles. The Balaban J connectivity index is 1.60. The van der Waals surface area contributed by atoms with Crippen LogP contribution in [0, 0.1) is 5.92 Å². The number of ether oxygens (including phenoxy) is 1. The van der Waals surface area contributed by atoms with Crippen LogP contribution in [0.4, 0.5) is 10.5 Å².